The summed E-state index contributed by atoms with van der Waals surface area (Å²) in [6.45, 7) is 7.02. The monoisotopic (exact) mass is 276 g/mol. The van der Waals surface area contributed by atoms with Gasteiger partial charge in [-0.05, 0) is 25.2 Å². The van der Waals surface area contributed by atoms with Crippen molar-refractivity contribution in [3.05, 3.63) is 0 Å². The molecule has 4 nitrogen and oxygen atoms in total. The van der Waals surface area contributed by atoms with Gasteiger partial charge in [-0.2, -0.15) is 4.31 Å². The first-order valence-corrected chi connectivity index (χ1v) is 8.69. The first kappa shape index (κ1) is 15.9. The van der Waals surface area contributed by atoms with Crippen LogP contribution < -0.4 is 5.73 Å². The van der Waals surface area contributed by atoms with E-state index >= 15 is 0 Å². The third-order valence-electron chi connectivity index (χ3n) is 4.02. The third-order valence-corrected chi connectivity index (χ3v) is 6.09. The predicted octanol–water partition coefficient (Wildman–Crippen LogP) is 1.96. The molecule has 5 heteroatoms. The Kier molecular flexibility index (Phi) is 5.62. The van der Waals surface area contributed by atoms with Crippen LogP contribution in [0.25, 0.3) is 0 Å². The summed E-state index contributed by atoms with van der Waals surface area (Å²) in [6, 6.07) is 0. The van der Waals surface area contributed by atoms with E-state index in [9.17, 15) is 8.42 Å². The van der Waals surface area contributed by atoms with E-state index in [1.807, 2.05) is 6.92 Å². The van der Waals surface area contributed by atoms with Gasteiger partial charge in [-0.1, -0.05) is 33.6 Å². The standard InChI is InChI=1S/C13H28N2O2S/c1-4-15(13(11-14)8-5-6-9-13)18(16,17)10-7-12(2)3/h12H,4-11,14H2,1-3H3. The van der Waals surface area contributed by atoms with Crippen LogP contribution in [0.1, 0.15) is 52.9 Å². The minimum Gasteiger partial charge on any atom is -0.329 e. The minimum absolute atomic E-state index is 0.250. The lowest BCUT2D eigenvalue weighted by Crippen LogP contribution is -2.55. The molecule has 0 spiro atoms. The van der Waals surface area contributed by atoms with E-state index in [-0.39, 0.29) is 11.3 Å². The van der Waals surface area contributed by atoms with Crippen molar-refractivity contribution in [1.29, 1.82) is 0 Å². The number of sulfonamides is 1. The van der Waals surface area contributed by atoms with Gasteiger partial charge in [0.1, 0.15) is 0 Å². The summed E-state index contributed by atoms with van der Waals surface area (Å²) >= 11 is 0. The van der Waals surface area contributed by atoms with Gasteiger partial charge in [0.2, 0.25) is 10.0 Å². The second-order valence-corrected chi connectivity index (χ2v) is 7.81. The van der Waals surface area contributed by atoms with Crippen LogP contribution in [0, 0.1) is 5.92 Å². The summed E-state index contributed by atoms with van der Waals surface area (Å²) in [5, 5.41) is 0. The molecule has 0 aromatic heterocycles. The van der Waals surface area contributed by atoms with Crippen LogP contribution in [0.3, 0.4) is 0 Å². The number of hydrogen-bond acceptors (Lipinski definition) is 3. The molecule has 0 aromatic rings. The summed E-state index contributed by atoms with van der Waals surface area (Å²) in [6.07, 6.45) is 4.73. The Hall–Kier alpha value is -0.130. The highest BCUT2D eigenvalue weighted by Gasteiger charge is 2.43. The van der Waals surface area contributed by atoms with E-state index in [4.69, 9.17) is 5.73 Å². The van der Waals surface area contributed by atoms with Gasteiger partial charge in [-0.15, -0.1) is 0 Å². The fraction of sp³-hybridized carbons (Fsp3) is 1.00. The van der Waals surface area contributed by atoms with Gasteiger partial charge >= 0.3 is 0 Å². The number of nitrogens with two attached hydrogens (primary N) is 1. The van der Waals surface area contributed by atoms with Crippen molar-refractivity contribution in [2.45, 2.75) is 58.4 Å². The molecule has 2 N–H and O–H groups in total. The Morgan fingerprint density at radius 2 is 1.83 bits per heavy atom. The fourth-order valence-corrected chi connectivity index (χ4v) is 5.14. The maximum Gasteiger partial charge on any atom is 0.214 e. The lowest BCUT2D eigenvalue weighted by atomic mass is 9.98. The molecule has 1 saturated carbocycles. The largest absolute Gasteiger partial charge is 0.329 e. The van der Waals surface area contributed by atoms with E-state index in [1.165, 1.54) is 0 Å². The average Bonchev–Trinajstić information content (AvgIpc) is 2.77. The van der Waals surface area contributed by atoms with Crippen LogP contribution in [0.4, 0.5) is 0 Å². The molecule has 0 heterocycles. The number of rotatable bonds is 7. The van der Waals surface area contributed by atoms with Gasteiger partial charge in [0, 0.05) is 18.6 Å². The van der Waals surface area contributed by atoms with E-state index in [2.05, 4.69) is 13.8 Å². The molecule has 18 heavy (non-hydrogen) atoms. The van der Waals surface area contributed by atoms with E-state index < -0.39 is 10.0 Å². The fourth-order valence-electron chi connectivity index (χ4n) is 2.91. The predicted molar refractivity (Wildman–Crippen MR) is 75.9 cm³/mol. The topological polar surface area (TPSA) is 63.4 Å². The third kappa shape index (κ3) is 3.45. The highest BCUT2D eigenvalue weighted by molar-refractivity contribution is 7.89. The second-order valence-electron chi connectivity index (χ2n) is 5.80. The lowest BCUT2D eigenvalue weighted by Gasteiger charge is -2.39. The van der Waals surface area contributed by atoms with Crippen molar-refractivity contribution >= 4 is 10.0 Å². The van der Waals surface area contributed by atoms with Crippen molar-refractivity contribution in [1.82, 2.24) is 4.31 Å². The first-order chi connectivity index (χ1) is 8.38. The van der Waals surface area contributed by atoms with Crippen LogP contribution in [0.5, 0.6) is 0 Å². The zero-order chi connectivity index (χ0) is 13.8. The lowest BCUT2D eigenvalue weighted by molar-refractivity contribution is 0.204. The zero-order valence-electron chi connectivity index (χ0n) is 12.0. The molecule has 1 aliphatic carbocycles. The SMILES string of the molecule is CCN(C1(CN)CCCC1)S(=O)(=O)CCC(C)C. The summed E-state index contributed by atoms with van der Waals surface area (Å²) in [5.41, 5.74) is 5.59. The van der Waals surface area contributed by atoms with Gasteiger partial charge in [-0.25, -0.2) is 8.42 Å². The summed E-state index contributed by atoms with van der Waals surface area (Å²) < 4.78 is 26.7. The number of likely N-dealkylation sites (N-methyl/N-ethyl adjacent to an activating group) is 1. The minimum atomic E-state index is -3.17. The second kappa shape index (κ2) is 6.35. The smallest absolute Gasteiger partial charge is 0.214 e. The highest BCUT2D eigenvalue weighted by atomic mass is 32.2. The van der Waals surface area contributed by atoms with Crippen LogP contribution in [-0.4, -0.2) is 37.1 Å². The Labute approximate surface area is 112 Å². The zero-order valence-corrected chi connectivity index (χ0v) is 12.8. The van der Waals surface area contributed by atoms with E-state index in [0.29, 0.717) is 19.0 Å². The quantitative estimate of drug-likeness (QED) is 0.773. The molecule has 0 amide bonds. The number of hydrogen-bond donors (Lipinski definition) is 1. The van der Waals surface area contributed by atoms with Crippen molar-refractivity contribution in [3.8, 4) is 0 Å². The van der Waals surface area contributed by atoms with E-state index in [1.54, 1.807) is 4.31 Å². The van der Waals surface area contributed by atoms with Gasteiger partial charge < -0.3 is 5.73 Å². The number of nitrogens with zero attached hydrogens (tertiary/aromatic N) is 1. The average molecular weight is 276 g/mol. The summed E-state index contributed by atoms with van der Waals surface area (Å²) in [7, 11) is -3.17. The molecule has 1 rings (SSSR count). The van der Waals surface area contributed by atoms with Gasteiger partial charge in [0.25, 0.3) is 0 Å². The Morgan fingerprint density at radius 1 is 1.28 bits per heavy atom. The normalized spacial score (nSPS) is 19.9. The molecule has 108 valence electrons. The van der Waals surface area contributed by atoms with Crippen LogP contribution in [-0.2, 0) is 10.0 Å². The Morgan fingerprint density at radius 3 is 2.22 bits per heavy atom. The van der Waals surface area contributed by atoms with E-state index in [0.717, 1.165) is 32.1 Å². The molecular weight excluding hydrogens is 248 g/mol. The maximum atomic E-state index is 12.5. The highest BCUT2D eigenvalue weighted by Crippen LogP contribution is 2.36. The van der Waals surface area contributed by atoms with Gasteiger partial charge in [0.05, 0.1) is 5.75 Å². The molecule has 1 fully saturated rings. The molecule has 0 bridgehead atoms. The molecule has 0 aliphatic heterocycles. The molecule has 0 atom stereocenters. The van der Waals surface area contributed by atoms with Crippen molar-refractivity contribution in [2.24, 2.45) is 11.7 Å². The molecule has 0 unspecified atom stereocenters. The van der Waals surface area contributed by atoms with Crippen molar-refractivity contribution < 1.29 is 8.42 Å². The molecular formula is C13H28N2O2S. The first-order valence-electron chi connectivity index (χ1n) is 7.08. The van der Waals surface area contributed by atoms with Crippen LogP contribution in [0.2, 0.25) is 0 Å². The molecule has 0 aromatic carbocycles. The van der Waals surface area contributed by atoms with Crippen molar-refractivity contribution in [3.63, 3.8) is 0 Å². The summed E-state index contributed by atoms with van der Waals surface area (Å²) in [5.74, 6) is 0.663. The van der Waals surface area contributed by atoms with Gasteiger partial charge in [-0.3, -0.25) is 0 Å². The maximum absolute atomic E-state index is 12.5. The Bertz CT molecular complexity index is 346. The molecule has 0 radical (unpaired) electrons. The Balaban J connectivity index is 2.87. The van der Waals surface area contributed by atoms with Crippen LogP contribution >= 0.6 is 0 Å². The van der Waals surface area contributed by atoms with Crippen molar-refractivity contribution in [2.75, 3.05) is 18.8 Å². The summed E-state index contributed by atoms with van der Waals surface area (Å²) in [4.78, 5) is 0. The van der Waals surface area contributed by atoms with Crippen LogP contribution in [0.15, 0.2) is 0 Å². The van der Waals surface area contributed by atoms with Gasteiger partial charge in [0.15, 0.2) is 0 Å². The molecule has 1 aliphatic rings. The molecule has 0 saturated heterocycles.